The van der Waals surface area contributed by atoms with Crippen LogP contribution in [-0.4, -0.2) is 29.8 Å². The van der Waals surface area contributed by atoms with E-state index in [0.717, 1.165) is 22.4 Å². The van der Waals surface area contributed by atoms with Gasteiger partial charge in [-0.25, -0.2) is 15.0 Å². The van der Waals surface area contributed by atoms with Crippen LogP contribution in [0.3, 0.4) is 0 Å². The summed E-state index contributed by atoms with van der Waals surface area (Å²) in [5.74, 6) is 7.37. The molecule has 7 heteroatoms. The number of benzene rings is 1. The molecule has 0 aliphatic carbocycles. The van der Waals surface area contributed by atoms with Crippen molar-refractivity contribution in [2.75, 3.05) is 0 Å². The van der Waals surface area contributed by atoms with Crippen molar-refractivity contribution < 1.29 is 9.63 Å². The van der Waals surface area contributed by atoms with E-state index in [1.54, 1.807) is 25.5 Å². The second-order valence-corrected chi connectivity index (χ2v) is 6.23. The summed E-state index contributed by atoms with van der Waals surface area (Å²) in [6.45, 7) is 2.16. The average Bonchev–Trinajstić information content (AvgIpc) is 3.38. The van der Waals surface area contributed by atoms with Gasteiger partial charge >= 0.3 is 0 Å². The second kappa shape index (κ2) is 7.86. The molecule has 0 unspecified atom stereocenters. The molecule has 1 atom stereocenters. The van der Waals surface area contributed by atoms with Gasteiger partial charge in [-0.05, 0) is 31.2 Å². The molecule has 28 heavy (non-hydrogen) atoms. The van der Waals surface area contributed by atoms with E-state index in [4.69, 9.17) is 4.52 Å². The molecule has 1 N–H and O–H groups in total. The Balaban J connectivity index is 1.48. The van der Waals surface area contributed by atoms with Crippen molar-refractivity contribution in [3.05, 3.63) is 84.1 Å². The second-order valence-electron chi connectivity index (χ2n) is 6.23. The molecule has 7 nitrogen and oxygen atoms in total. The fraction of sp³-hybridized carbons (Fsp3) is 0.143. The third-order valence-corrected chi connectivity index (χ3v) is 4.09. The first-order valence-corrected chi connectivity index (χ1v) is 8.71. The van der Waals surface area contributed by atoms with Gasteiger partial charge in [-0.15, -0.1) is 0 Å². The first-order chi connectivity index (χ1) is 13.7. The molecule has 4 rings (SSSR count). The van der Waals surface area contributed by atoms with Crippen LogP contribution < -0.4 is 0 Å². The molecule has 3 aromatic heterocycles. The van der Waals surface area contributed by atoms with Gasteiger partial charge in [-0.3, -0.25) is 0 Å². The summed E-state index contributed by atoms with van der Waals surface area (Å²) in [5.41, 5.74) is 3.31. The minimum absolute atomic E-state index is 0.479. The number of imidazole rings is 1. The molecule has 4 aromatic rings. The zero-order valence-electron chi connectivity index (χ0n) is 15.1. The molecule has 1 aromatic carbocycles. The molecule has 0 amide bonds. The number of aliphatic hydroxyl groups excluding tert-OH is 1. The summed E-state index contributed by atoms with van der Waals surface area (Å²) in [5, 5.41) is 13.9. The number of aliphatic hydroxyl groups is 1. The number of hydrogen-bond acceptors (Lipinski definition) is 6. The molecule has 0 saturated carbocycles. The predicted molar refractivity (Wildman–Crippen MR) is 102 cm³/mol. The van der Waals surface area contributed by atoms with Crippen molar-refractivity contribution in [1.82, 2.24) is 24.7 Å². The molecule has 0 spiro atoms. The molecular formula is C21H17N5O2. The molecular weight excluding hydrogens is 354 g/mol. The average molecular weight is 371 g/mol. The van der Waals surface area contributed by atoms with E-state index < -0.39 is 6.10 Å². The Morgan fingerprint density at radius 3 is 2.61 bits per heavy atom. The van der Waals surface area contributed by atoms with Gasteiger partial charge in [-0.1, -0.05) is 17.0 Å². The van der Waals surface area contributed by atoms with Gasteiger partial charge < -0.3 is 14.2 Å². The minimum atomic E-state index is -0.641. The summed E-state index contributed by atoms with van der Waals surface area (Å²) in [7, 11) is 0. The zero-order valence-corrected chi connectivity index (χ0v) is 15.1. The summed E-state index contributed by atoms with van der Waals surface area (Å²) in [4.78, 5) is 12.0. The molecule has 0 aliphatic heterocycles. The first kappa shape index (κ1) is 17.6. The van der Waals surface area contributed by atoms with Crippen molar-refractivity contribution >= 4 is 0 Å². The van der Waals surface area contributed by atoms with Crippen molar-refractivity contribution in [3.63, 3.8) is 0 Å². The van der Waals surface area contributed by atoms with Crippen molar-refractivity contribution in [2.45, 2.75) is 19.6 Å². The van der Waals surface area contributed by atoms with E-state index in [1.165, 1.54) is 6.33 Å². The highest BCUT2D eigenvalue weighted by Crippen LogP contribution is 2.22. The minimum Gasteiger partial charge on any atom is -0.385 e. The van der Waals surface area contributed by atoms with Crippen LogP contribution in [0, 0.1) is 11.8 Å². The maximum absolute atomic E-state index is 9.75. The van der Waals surface area contributed by atoms with Crippen molar-refractivity contribution in [2.24, 2.45) is 0 Å². The van der Waals surface area contributed by atoms with Gasteiger partial charge in [0.2, 0.25) is 0 Å². The summed E-state index contributed by atoms with van der Waals surface area (Å²) in [6, 6.07) is 9.61. The fourth-order valence-electron chi connectivity index (χ4n) is 2.74. The van der Waals surface area contributed by atoms with Crippen molar-refractivity contribution in [3.8, 4) is 23.2 Å². The van der Waals surface area contributed by atoms with Crippen LogP contribution in [0.4, 0.5) is 0 Å². The standard InChI is InChI=1S/C21H17N5O2/c1-15(27)21-24-8-9-26(21)13-19-10-20(28-25-19)18-6-4-16(5-7-18)2-3-17-11-22-14-23-12-17/h4-12,14-15,27H,13H2,1H3/t15-/m0/s1. The highest BCUT2D eigenvalue weighted by molar-refractivity contribution is 5.59. The molecule has 138 valence electrons. The zero-order chi connectivity index (χ0) is 19.3. The number of rotatable bonds is 4. The van der Waals surface area contributed by atoms with Crippen LogP contribution >= 0.6 is 0 Å². The van der Waals surface area contributed by atoms with Gasteiger partial charge in [0.1, 0.15) is 23.9 Å². The van der Waals surface area contributed by atoms with E-state index in [-0.39, 0.29) is 0 Å². The Morgan fingerprint density at radius 2 is 1.86 bits per heavy atom. The summed E-state index contributed by atoms with van der Waals surface area (Å²) < 4.78 is 7.32. The van der Waals surface area contributed by atoms with Crippen LogP contribution in [0.2, 0.25) is 0 Å². The van der Waals surface area contributed by atoms with Crippen LogP contribution in [0.5, 0.6) is 0 Å². The van der Waals surface area contributed by atoms with Crippen molar-refractivity contribution in [1.29, 1.82) is 0 Å². The number of nitrogens with zero attached hydrogens (tertiary/aromatic N) is 5. The van der Waals surface area contributed by atoms with E-state index in [0.29, 0.717) is 18.1 Å². The Labute approximate surface area is 161 Å². The molecule has 0 radical (unpaired) electrons. The Morgan fingerprint density at radius 1 is 1.11 bits per heavy atom. The third kappa shape index (κ3) is 3.98. The maximum Gasteiger partial charge on any atom is 0.167 e. The topological polar surface area (TPSA) is 89.9 Å². The summed E-state index contributed by atoms with van der Waals surface area (Å²) >= 11 is 0. The maximum atomic E-state index is 9.75. The van der Waals surface area contributed by atoms with E-state index in [9.17, 15) is 5.11 Å². The molecule has 3 heterocycles. The lowest BCUT2D eigenvalue weighted by atomic mass is 10.1. The Bertz CT molecular complexity index is 1120. The van der Waals surface area contributed by atoms with Crippen LogP contribution in [0.15, 0.2) is 66.0 Å². The number of aromatic nitrogens is 5. The molecule has 0 saturated heterocycles. The highest BCUT2D eigenvalue weighted by atomic mass is 16.5. The van der Waals surface area contributed by atoms with Gasteiger partial charge in [0.25, 0.3) is 0 Å². The van der Waals surface area contributed by atoms with E-state index >= 15 is 0 Å². The monoisotopic (exact) mass is 371 g/mol. The first-order valence-electron chi connectivity index (χ1n) is 8.71. The van der Waals surface area contributed by atoms with Crippen LogP contribution in [0.25, 0.3) is 11.3 Å². The largest absolute Gasteiger partial charge is 0.385 e. The Hall–Kier alpha value is -3.76. The lowest BCUT2D eigenvalue weighted by Gasteiger charge is -2.07. The number of hydrogen-bond donors (Lipinski definition) is 1. The normalized spacial score (nSPS) is 11.6. The Kier molecular flexibility index (Phi) is 4.95. The highest BCUT2D eigenvalue weighted by Gasteiger charge is 2.12. The van der Waals surface area contributed by atoms with Crippen LogP contribution in [0.1, 0.15) is 35.7 Å². The summed E-state index contributed by atoms with van der Waals surface area (Å²) in [6.07, 6.45) is 7.65. The van der Waals surface area contributed by atoms with Gasteiger partial charge in [0.05, 0.1) is 12.1 Å². The lowest BCUT2D eigenvalue weighted by Crippen LogP contribution is -2.07. The predicted octanol–water partition coefficient (Wildman–Crippen LogP) is 2.83. The quantitative estimate of drug-likeness (QED) is 0.555. The lowest BCUT2D eigenvalue weighted by molar-refractivity contribution is 0.184. The van der Waals surface area contributed by atoms with Gasteiger partial charge in [0, 0.05) is 42.0 Å². The smallest absolute Gasteiger partial charge is 0.167 e. The van der Waals surface area contributed by atoms with Gasteiger partial charge in [0.15, 0.2) is 5.76 Å². The van der Waals surface area contributed by atoms with E-state index in [1.807, 2.05) is 41.1 Å². The molecule has 0 aliphatic rings. The van der Waals surface area contributed by atoms with Crippen LogP contribution in [-0.2, 0) is 6.54 Å². The molecule has 0 bridgehead atoms. The molecule has 0 fully saturated rings. The van der Waals surface area contributed by atoms with E-state index in [2.05, 4.69) is 31.9 Å². The van der Waals surface area contributed by atoms with Gasteiger partial charge in [-0.2, -0.15) is 0 Å². The SMILES string of the molecule is C[C@H](O)c1nccn1Cc1cc(-c2ccc(C#Cc3cncnc3)cc2)on1. The third-order valence-electron chi connectivity index (χ3n) is 4.09. The fourth-order valence-corrected chi connectivity index (χ4v) is 2.74.